The first-order valence-electron chi connectivity index (χ1n) is 11.4. The van der Waals surface area contributed by atoms with Crippen molar-refractivity contribution in [1.29, 1.82) is 0 Å². The summed E-state index contributed by atoms with van der Waals surface area (Å²) in [6.07, 6.45) is 0. The third-order valence-corrected chi connectivity index (χ3v) is 5.89. The summed E-state index contributed by atoms with van der Waals surface area (Å²) in [6.45, 7) is 9.76. The fraction of sp³-hybridized carbons (Fsp3) is 0.129. The standard InChI is InChI=1S/C31H29NO2/c1-22(2)31(33)34-21-25-11-16-28(17-12-25)32(30-15-10-23(3)24(4)20-30)29-18-13-27(14-19-29)26-8-6-5-7-9-26/h5-20H,1,21H2,2-4H3. The van der Waals surface area contributed by atoms with Crippen molar-refractivity contribution >= 4 is 23.0 Å². The Hall–Kier alpha value is -4.11. The highest BCUT2D eigenvalue weighted by Gasteiger charge is 2.14. The zero-order chi connectivity index (χ0) is 24.1. The molecule has 0 heterocycles. The molecule has 0 radical (unpaired) electrons. The minimum absolute atomic E-state index is 0.224. The van der Waals surface area contributed by atoms with Crippen LogP contribution in [0.25, 0.3) is 11.1 Å². The summed E-state index contributed by atoms with van der Waals surface area (Å²) in [5, 5.41) is 0. The van der Waals surface area contributed by atoms with E-state index >= 15 is 0 Å². The lowest BCUT2D eigenvalue weighted by Gasteiger charge is -2.26. The maximum absolute atomic E-state index is 11.7. The molecule has 0 fully saturated rings. The van der Waals surface area contributed by atoms with Crippen molar-refractivity contribution in [3.8, 4) is 11.1 Å². The first kappa shape index (κ1) is 23.1. The van der Waals surface area contributed by atoms with Gasteiger partial charge >= 0.3 is 5.97 Å². The molecule has 0 aromatic heterocycles. The molecule has 170 valence electrons. The molecule has 3 nitrogen and oxygen atoms in total. The lowest BCUT2D eigenvalue weighted by molar-refractivity contribution is -0.140. The van der Waals surface area contributed by atoms with Crippen molar-refractivity contribution in [2.24, 2.45) is 0 Å². The Morgan fingerprint density at radius 3 is 1.88 bits per heavy atom. The summed E-state index contributed by atoms with van der Waals surface area (Å²) < 4.78 is 5.29. The van der Waals surface area contributed by atoms with Crippen LogP contribution in [0.3, 0.4) is 0 Å². The highest BCUT2D eigenvalue weighted by atomic mass is 16.5. The topological polar surface area (TPSA) is 29.5 Å². The minimum atomic E-state index is -0.376. The van der Waals surface area contributed by atoms with Crippen molar-refractivity contribution in [3.05, 3.63) is 126 Å². The molecule has 0 bridgehead atoms. The number of benzene rings is 4. The number of aryl methyl sites for hydroxylation is 2. The second-order valence-corrected chi connectivity index (χ2v) is 8.54. The summed E-state index contributed by atoms with van der Waals surface area (Å²) in [7, 11) is 0. The molecule has 0 N–H and O–H groups in total. The fourth-order valence-electron chi connectivity index (χ4n) is 3.76. The molecule has 0 aliphatic carbocycles. The monoisotopic (exact) mass is 447 g/mol. The Morgan fingerprint density at radius 2 is 1.29 bits per heavy atom. The van der Waals surface area contributed by atoms with Crippen molar-refractivity contribution < 1.29 is 9.53 Å². The van der Waals surface area contributed by atoms with Crippen molar-refractivity contribution in [2.45, 2.75) is 27.4 Å². The lowest BCUT2D eigenvalue weighted by Crippen LogP contribution is -2.10. The van der Waals surface area contributed by atoms with E-state index in [1.54, 1.807) is 6.92 Å². The Kier molecular flexibility index (Phi) is 6.93. The van der Waals surface area contributed by atoms with Crippen LogP contribution < -0.4 is 4.90 Å². The van der Waals surface area contributed by atoms with Gasteiger partial charge in [0, 0.05) is 22.6 Å². The molecule has 0 saturated carbocycles. The van der Waals surface area contributed by atoms with Crippen LogP contribution in [-0.4, -0.2) is 5.97 Å². The minimum Gasteiger partial charge on any atom is -0.457 e. The second kappa shape index (κ2) is 10.2. The van der Waals surface area contributed by atoms with Crippen molar-refractivity contribution in [3.63, 3.8) is 0 Å². The number of hydrogen-bond donors (Lipinski definition) is 0. The maximum atomic E-state index is 11.7. The number of carbonyl (C=O) groups is 1. The van der Waals surface area contributed by atoms with Gasteiger partial charge in [0.1, 0.15) is 6.61 Å². The van der Waals surface area contributed by atoms with Gasteiger partial charge in [-0.15, -0.1) is 0 Å². The van der Waals surface area contributed by atoms with Crippen LogP contribution in [0.15, 0.2) is 109 Å². The molecule has 4 aromatic rings. The van der Waals surface area contributed by atoms with E-state index < -0.39 is 0 Å². The molecule has 3 heteroatoms. The van der Waals surface area contributed by atoms with E-state index in [0.717, 1.165) is 22.6 Å². The first-order valence-corrected chi connectivity index (χ1v) is 11.4. The zero-order valence-corrected chi connectivity index (χ0v) is 19.9. The average molecular weight is 448 g/mol. The molecule has 0 atom stereocenters. The predicted molar refractivity (Wildman–Crippen MR) is 141 cm³/mol. The van der Waals surface area contributed by atoms with E-state index in [1.807, 2.05) is 18.2 Å². The Bertz CT molecular complexity index is 1290. The summed E-state index contributed by atoms with van der Waals surface area (Å²) in [4.78, 5) is 14.0. The first-order chi connectivity index (χ1) is 16.4. The third kappa shape index (κ3) is 5.26. The number of rotatable bonds is 7. The van der Waals surface area contributed by atoms with Crippen LogP contribution in [0.1, 0.15) is 23.6 Å². The predicted octanol–water partition coefficient (Wildman–Crippen LogP) is 8.06. The van der Waals surface area contributed by atoms with Crippen LogP contribution in [0, 0.1) is 13.8 Å². The summed E-state index contributed by atoms with van der Waals surface area (Å²) in [6, 6.07) is 33.6. The van der Waals surface area contributed by atoms with Crippen molar-refractivity contribution in [1.82, 2.24) is 0 Å². The highest BCUT2D eigenvalue weighted by molar-refractivity contribution is 5.87. The largest absolute Gasteiger partial charge is 0.457 e. The highest BCUT2D eigenvalue weighted by Crippen LogP contribution is 2.36. The summed E-state index contributed by atoms with van der Waals surface area (Å²) >= 11 is 0. The van der Waals surface area contributed by atoms with Gasteiger partial charge in [-0.1, -0.05) is 67.2 Å². The van der Waals surface area contributed by atoms with Crippen LogP contribution in [0.2, 0.25) is 0 Å². The van der Waals surface area contributed by atoms with Gasteiger partial charge in [0.25, 0.3) is 0 Å². The third-order valence-electron chi connectivity index (χ3n) is 5.89. The molecular weight excluding hydrogens is 418 g/mol. The van der Waals surface area contributed by atoms with Gasteiger partial charge in [-0.2, -0.15) is 0 Å². The van der Waals surface area contributed by atoms with Gasteiger partial charge in [0.05, 0.1) is 0 Å². The van der Waals surface area contributed by atoms with E-state index in [0.29, 0.717) is 5.57 Å². The smallest absolute Gasteiger partial charge is 0.333 e. The molecule has 0 saturated heterocycles. The lowest BCUT2D eigenvalue weighted by atomic mass is 10.0. The number of ether oxygens (including phenoxy) is 1. The maximum Gasteiger partial charge on any atom is 0.333 e. The second-order valence-electron chi connectivity index (χ2n) is 8.54. The van der Waals surface area contributed by atoms with E-state index in [2.05, 4.69) is 104 Å². The summed E-state index contributed by atoms with van der Waals surface area (Å²) in [5.74, 6) is -0.376. The molecule has 4 rings (SSSR count). The van der Waals surface area contributed by atoms with E-state index in [1.165, 1.54) is 22.3 Å². The van der Waals surface area contributed by atoms with Gasteiger partial charge in [-0.05, 0) is 85.0 Å². The molecule has 0 aliphatic rings. The normalized spacial score (nSPS) is 10.6. The molecular formula is C31H29NO2. The van der Waals surface area contributed by atoms with Gasteiger partial charge in [-0.25, -0.2) is 4.79 Å². The van der Waals surface area contributed by atoms with Gasteiger partial charge in [0.15, 0.2) is 0 Å². The Balaban J connectivity index is 1.67. The van der Waals surface area contributed by atoms with E-state index in [4.69, 9.17) is 4.74 Å². The SMILES string of the molecule is C=C(C)C(=O)OCc1ccc(N(c2ccc(-c3ccccc3)cc2)c2ccc(C)c(C)c2)cc1. The molecule has 0 unspecified atom stereocenters. The molecule has 34 heavy (non-hydrogen) atoms. The average Bonchev–Trinajstić information content (AvgIpc) is 2.86. The molecule has 0 amide bonds. The Labute approximate surface area is 202 Å². The Morgan fingerprint density at radius 1 is 0.735 bits per heavy atom. The number of carbonyl (C=O) groups excluding carboxylic acids is 1. The zero-order valence-electron chi connectivity index (χ0n) is 19.9. The number of esters is 1. The quantitative estimate of drug-likeness (QED) is 0.212. The number of nitrogens with zero attached hydrogens (tertiary/aromatic N) is 1. The van der Waals surface area contributed by atoms with Crippen LogP contribution in [0.5, 0.6) is 0 Å². The number of anilines is 3. The van der Waals surface area contributed by atoms with Crippen LogP contribution in [0.4, 0.5) is 17.1 Å². The van der Waals surface area contributed by atoms with E-state index in [-0.39, 0.29) is 12.6 Å². The fourth-order valence-corrected chi connectivity index (χ4v) is 3.76. The molecule has 0 aliphatic heterocycles. The molecule has 4 aromatic carbocycles. The number of hydrogen-bond acceptors (Lipinski definition) is 3. The van der Waals surface area contributed by atoms with Gasteiger partial charge in [0.2, 0.25) is 0 Å². The van der Waals surface area contributed by atoms with Crippen LogP contribution in [-0.2, 0) is 16.1 Å². The van der Waals surface area contributed by atoms with Gasteiger partial charge < -0.3 is 9.64 Å². The van der Waals surface area contributed by atoms with Crippen molar-refractivity contribution in [2.75, 3.05) is 4.90 Å². The summed E-state index contributed by atoms with van der Waals surface area (Å²) in [5.41, 5.74) is 9.41. The van der Waals surface area contributed by atoms with E-state index in [9.17, 15) is 4.79 Å². The molecule has 0 spiro atoms. The van der Waals surface area contributed by atoms with Crippen LogP contribution >= 0.6 is 0 Å². The van der Waals surface area contributed by atoms with Gasteiger partial charge in [-0.3, -0.25) is 0 Å².